The molecule has 1 aromatic carbocycles. The zero-order valence-corrected chi connectivity index (χ0v) is 11.6. The molecule has 2 aromatic heterocycles. The van der Waals surface area contributed by atoms with E-state index in [-0.39, 0.29) is 11.8 Å². The number of rotatable bonds is 2. The molecule has 0 radical (unpaired) electrons. The Balaban J connectivity index is 2.17. The Kier molecular flexibility index (Phi) is 3.01. The molecule has 0 aliphatic rings. The van der Waals surface area contributed by atoms with Crippen molar-refractivity contribution in [2.75, 3.05) is 12.0 Å². The number of anilines is 1. The van der Waals surface area contributed by atoms with Gasteiger partial charge in [0, 0.05) is 5.56 Å². The van der Waals surface area contributed by atoms with Crippen LogP contribution in [0.5, 0.6) is 0 Å². The minimum Gasteiger partial charge on any atom is -0.368 e. The van der Waals surface area contributed by atoms with Crippen LogP contribution in [0.3, 0.4) is 0 Å². The van der Waals surface area contributed by atoms with Crippen LogP contribution in [0.2, 0.25) is 0 Å². The smallest absolute Gasteiger partial charge is 0.258 e. The lowest BCUT2D eigenvalue weighted by Crippen LogP contribution is -2.04. The number of hydrogen-bond donors (Lipinski definition) is 1. The van der Waals surface area contributed by atoms with Crippen molar-refractivity contribution in [3.05, 3.63) is 29.6 Å². The second-order valence-electron chi connectivity index (χ2n) is 4.18. The summed E-state index contributed by atoms with van der Waals surface area (Å²) in [6.07, 6.45) is 1.85. The third kappa shape index (κ3) is 2.07. The summed E-state index contributed by atoms with van der Waals surface area (Å²) in [5.74, 6) is 0.768. The maximum atomic E-state index is 13.3. The molecule has 0 atom stereocenters. The number of thioether (sulfide) groups is 1. The van der Waals surface area contributed by atoms with E-state index in [1.165, 1.54) is 22.3 Å². The number of benzene rings is 1. The summed E-state index contributed by atoms with van der Waals surface area (Å²) in [4.78, 5) is 12.6. The molecule has 0 saturated carbocycles. The van der Waals surface area contributed by atoms with Gasteiger partial charge in [0.2, 0.25) is 5.95 Å². The van der Waals surface area contributed by atoms with Gasteiger partial charge < -0.3 is 5.73 Å². The number of halogens is 1. The van der Waals surface area contributed by atoms with Crippen molar-refractivity contribution in [2.45, 2.75) is 12.1 Å². The minimum atomic E-state index is -0.263. The number of fused-ring (bicyclic) bond motifs is 1. The van der Waals surface area contributed by atoms with E-state index in [2.05, 4.69) is 20.1 Å². The Morgan fingerprint density at radius 3 is 2.75 bits per heavy atom. The highest BCUT2D eigenvalue weighted by molar-refractivity contribution is 7.98. The molecule has 3 rings (SSSR count). The van der Waals surface area contributed by atoms with Gasteiger partial charge in [0.15, 0.2) is 11.0 Å². The lowest BCUT2D eigenvalue weighted by atomic mass is 10.1. The monoisotopic (exact) mass is 290 g/mol. The summed E-state index contributed by atoms with van der Waals surface area (Å²) in [6.45, 7) is 1.69. The number of nitrogens with two attached hydrogens (primary N) is 1. The molecule has 2 N–H and O–H groups in total. The van der Waals surface area contributed by atoms with Crippen molar-refractivity contribution >= 4 is 23.5 Å². The highest BCUT2D eigenvalue weighted by Crippen LogP contribution is 2.20. The zero-order chi connectivity index (χ0) is 14.3. The zero-order valence-electron chi connectivity index (χ0n) is 10.8. The van der Waals surface area contributed by atoms with Crippen molar-refractivity contribution in [1.82, 2.24) is 24.6 Å². The largest absolute Gasteiger partial charge is 0.368 e. The van der Waals surface area contributed by atoms with Gasteiger partial charge in [-0.1, -0.05) is 11.8 Å². The van der Waals surface area contributed by atoms with Crippen LogP contribution in [0.25, 0.3) is 17.2 Å². The van der Waals surface area contributed by atoms with Crippen molar-refractivity contribution in [1.29, 1.82) is 0 Å². The summed E-state index contributed by atoms with van der Waals surface area (Å²) in [6, 6.07) is 4.69. The third-order valence-electron chi connectivity index (χ3n) is 2.81. The van der Waals surface area contributed by atoms with Crippen LogP contribution >= 0.6 is 11.8 Å². The van der Waals surface area contributed by atoms with Crippen LogP contribution < -0.4 is 5.73 Å². The fourth-order valence-corrected chi connectivity index (χ4v) is 2.14. The topological polar surface area (TPSA) is 82.0 Å². The first-order chi connectivity index (χ1) is 9.58. The molecule has 8 heteroatoms. The minimum absolute atomic E-state index is 0.219. The maximum absolute atomic E-state index is 13.3. The van der Waals surface area contributed by atoms with Gasteiger partial charge in [-0.05, 0) is 36.9 Å². The predicted molar refractivity (Wildman–Crippen MR) is 74.9 cm³/mol. The van der Waals surface area contributed by atoms with Crippen LogP contribution in [-0.2, 0) is 0 Å². The summed E-state index contributed by atoms with van der Waals surface area (Å²) >= 11 is 1.37. The van der Waals surface area contributed by atoms with Gasteiger partial charge in [-0.15, -0.1) is 5.10 Å². The van der Waals surface area contributed by atoms with Gasteiger partial charge in [-0.3, -0.25) is 0 Å². The van der Waals surface area contributed by atoms with E-state index in [4.69, 9.17) is 5.73 Å². The first kappa shape index (κ1) is 12.8. The lowest BCUT2D eigenvalue weighted by Gasteiger charge is -1.98. The molecule has 0 bridgehead atoms. The van der Waals surface area contributed by atoms with E-state index in [1.807, 2.05) is 6.26 Å². The molecule has 0 aliphatic carbocycles. The second kappa shape index (κ2) is 4.71. The van der Waals surface area contributed by atoms with Crippen LogP contribution in [-0.4, -0.2) is 30.8 Å². The molecule has 0 spiro atoms. The van der Waals surface area contributed by atoms with Gasteiger partial charge >= 0.3 is 0 Å². The number of hydrogen-bond acceptors (Lipinski definition) is 6. The molecule has 20 heavy (non-hydrogen) atoms. The maximum Gasteiger partial charge on any atom is 0.258 e. The average Bonchev–Trinajstić information content (AvgIpc) is 2.86. The Morgan fingerprint density at radius 2 is 2.05 bits per heavy atom. The van der Waals surface area contributed by atoms with Crippen molar-refractivity contribution in [2.24, 2.45) is 0 Å². The molecule has 3 aromatic rings. The number of aryl methyl sites for hydroxylation is 1. The van der Waals surface area contributed by atoms with Crippen LogP contribution in [0.15, 0.2) is 23.4 Å². The van der Waals surface area contributed by atoms with Gasteiger partial charge in [0.25, 0.3) is 5.78 Å². The van der Waals surface area contributed by atoms with E-state index in [0.717, 1.165) is 0 Å². The van der Waals surface area contributed by atoms with E-state index in [0.29, 0.717) is 27.9 Å². The fourth-order valence-electron chi connectivity index (χ4n) is 1.78. The van der Waals surface area contributed by atoms with Crippen molar-refractivity contribution in [3.63, 3.8) is 0 Å². The number of nitrogen functional groups attached to an aromatic ring is 1. The van der Waals surface area contributed by atoms with Gasteiger partial charge in [-0.25, -0.2) is 4.39 Å². The van der Waals surface area contributed by atoms with Gasteiger partial charge in [0.1, 0.15) is 5.82 Å². The fraction of sp³-hybridized carbons (Fsp3) is 0.167. The Hall–Kier alpha value is -2.22. The molecule has 0 fully saturated rings. The third-order valence-corrected chi connectivity index (χ3v) is 3.36. The molecule has 0 unspecified atom stereocenters. The Morgan fingerprint density at radius 1 is 1.25 bits per heavy atom. The van der Waals surface area contributed by atoms with Gasteiger partial charge in [-0.2, -0.15) is 19.5 Å². The molecule has 102 valence electrons. The quantitative estimate of drug-likeness (QED) is 0.726. The van der Waals surface area contributed by atoms with Crippen molar-refractivity contribution < 1.29 is 4.39 Å². The molecule has 2 heterocycles. The van der Waals surface area contributed by atoms with Crippen molar-refractivity contribution in [3.8, 4) is 11.4 Å². The Bertz CT molecular complexity index is 800. The predicted octanol–water partition coefficient (Wildman–Crippen LogP) is 1.94. The SMILES string of the molecule is CSc1nc(N)n2nc(-c3ccc(F)c(C)c3)nc2n1. The Labute approximate surface area is 118 Å². The number of aromatic nitrogens is 5. The molecular formula is C12H11FN6S. The summed E-state index contributed by atoms with van der Waals surface area (Å²) in [5, 5.41) is 4.78. The molecule has 0 aliphatic heterocycles. The van der Waals surface area contributed by atoms with Gasteiger partial charge in [0.05, 0.1) is 0 Å². The van der Waals surface area contributed by atoms with Crippen LogP contribution in [0.4, 0.5) is 10.3 Å². The van der Waals surface area contributed by atoms with E-state index < -0.39 is 0 Å². The highest BCUT2D eigenvalue weighted by atomic mass is 32.2. The average molecular weight is 290 g/mol. The lowest BCUT2D eigenvalue weighted by molar-refractivity contribution is 0.618. The molecule has 0 amide bonds. The first-order valence-corrected chi connectivity index (χ1v) is 7.02. The molecule has 6 nitrogen and oxygen atoms in total. The first-order valence-electron chi connectivity index (χ1n) is 5.79. The standard InChI is InChI=1S/C12H11FN6S/c1-6-5-7(3-4-8(6)13)9-15-11-17-12(20-2)16-10(14)19(11)18-9/h3-5H,1-2H3,(H2,14,15,16,17,18). The molecular weight excluding hydrogens is 279 g/mol. The van der Waals surface area contributed by atoms with E-state index in [9.17, 15) is 4.39 Å². The van der Waals surface area contributed by atoms with Crippen LogP contribution in [0, 0.1) is 12.7 Å². The number of nitrogens with zero attached hydrogens (tertiary/aromatic N) is 5. The highest BCUT2D eigenvalue weighted by Gasteiger charge is 2.12. The summed E-state index contributed by atoms with van der Waals surface area (Å²) in [7, 11) is 0. The normalized spacial score (nSPS) is 11.2. The van der Waals surface area contributed by atoms with E-state index in [1.54, 1.807) is 19.1 Å². The molecule has 0 saturated heterocycles. The van der Waals surface area contributed by atoms with E-state index >= 15 is 0 Å². The second-order valence-corrected chi connectivity index (χ2v) is 4.95. The summed E-state index contributed by atoms with van der Waals surface area (Å²) < 4.78 is 14.7. The van der Waals surface area contributed by atoms with Crippen LogP contribution in [0.1, 0.15) is 5.56 Å². The summed E-state index contributed by atoms with van der Waals surface area (Å²) in [5.41, 5.74) is 7.05.